The van der Waals surface area contributed by atoms with Crippen LogP contribution in [0.15, 0.2) is 10.3 Å². The second-order valence-corrected chi connectivity index (χ2v) is 2.24. The standard InChI is InChI=1S/C6H8N2O2/c1-2-6-5(1)7-9-3-4-10-8-6/h1-4H2/b7-5-,8-6-. The molecule has 0 saturated heterocycles. The van der Waals surface area contributed by atoms with E-state index < -0.39 is 0 Å². The molecule has 4 nitrogen and oxygen atoms in total. The van der Waals surface area contributed by atoms with Gasteiger partial charge in [-0.05, 0) is 0 Å². The minimum absolute atomic E-state index is 0.500. The van der Waals surface area contributed by atoms with E-state index in [4.69, 9.17) is 9.68 Å². The molecule has 54 valence electrons. The van der Waals surface area contributed by atoms with Crippen LogP contribution in [0.3, 0.4) is 0 Å². The summed E-state index contributed by atoms with van der Waals surface area (Å²) in [6.45, 7) is 1.00. The van der Waals surface area contributed by atoms with Crippen LogP contribution >= 0.6 is 0 Å². The van der Waals surface area contributed by atoms with E-state index >= 15 is 0 Å². The summed E-state index contributed by atoms with van der Waals surface area (Å²) in [6.07, 6.45) is 1.95. The van der Waals surface area contributed by atoms with Crippen LogP contribution < -0.4 is 0 Å². The molecule has 1 heterocycles. The third kappa shape index (κ3) is 0.853. The van der Waals surface area contributed by atoms with E-state index in [1.807, 2.05) is 0 Å². The van der Waals surface area contributed by atoms with Gasteiger partial charge in [-0.2, -0.15) is 0 Å². The van der Waals surface area contributed by atoms with E-state index in [-0.39, 0.29) is 0 Å². The van der Waals surface area contributed by atoms with E-state index in [0.29, 0.717) is 13.2 Å². The lowest BCUT2D eigenvalue weighted by molar-refractivity contribution is 0.0496. The summed E-state index contributed by atoms with van der Waals surface area (Å²) in [6, 6.07) is 0. The Morgan fingerprint density at radius 1 is 0.900 bits per heavy atom. The summed E-state index contributed by atoms with van der Waals surface area (Å²) in [7, 11) is 0. The Morgan fingerprint density at radius 2 is 1.40 bits per heavy atom. The summed E-state index contributed by atoms with van der Waals surface area (Å²) < 4.78 is 0. The van der Waals surface area contributed by atoms with Gasteiger partial charge in [0.1, 0.15) is 11.4 Å². The largest absolute Gasteiger partial charge is 0.392 e. The van der Waals surface area contributed by atoms with Gasteiger partial charge in [0.25, 0.3) is 0 Å². The Bertz CT molecular complexity index is 176. The molecule has 2 aliphatic rings. The van der Waals surface area contributed by atoms with E-state index in [2.05, 4.69) is 10.3 Å². The van der Waals surface area contributed by atoms with E-state index in [1.54, 1.807) is 0 Å². The van der Waals surface area contributed by atoms with Crippen LogP contribution in [0.25, 0.3) is 0 Å². The number of rotatable bonds is 0. The van der Waals surface area contributed by atoms with Crippen LogP contribution in [-0.2, 0) is 9.68 Å². The Balaban J connectivity index is 2.13. The fraction of sp³-hybridized carbons (Fsp3) is 0.667. The zero-order valence-corrected chi connectivity index (χ0v) is 5.54. The van der Waals surface area contributed by atoms with Gasteiger partial charge in [-0.1, -0.05) is 10.3 Å². The molecule has 0 amide bonds. The first-order chi connectivity index (χ1) is 4.97. The molecule has 0 radical (unpaired) electrons. The average molecular weight is 140 g/mol. The minimum Gasteiger partial charge on any atom is -0.392 e. The van der Waals surface area contributed by atoms with E-state index in [9.17, 15) is 0 Å². The second-order valence-electron chi connectivity index (χ2n) is 2.24. The number of hydrogen-bond donors (Lipinski definition) is 0. The van der Waals surface area contributed by atoms with E-state index in [1.165, 1.54) is 0 Å². The maximum absolute atomic E-state index is 4.89. The van der Waals surface area contributed by atoms with Crippen molar-refractivity contribution in [2.75, 3.05) is 13.2 Å². The predicted octanol–water partition coefficient (Wildman–Crippen LogP) is 0.539. The van der Waals surface area contributed by atoms with Crippen LogP contribution in [0, 0.1) is 0 Å². The monoisotopic (exact) mass is 140 g/mol. The third-order valence-electron chi connectivity index (χ3n) is 1.55. The smallest absolute Gasteiger partial charge is 0.153 e. The second kappa shape index (κ2) is 2.28. The van der Waals surface area contributed by atoms with Crippen LogP contribution in [0.5, 0.6) is 0 Å². The quantitative estimate of drug-likeness (QED) is 0.492. The zero-order valence-electron chi connectivity index (χ0n) is 5.54. The molecule has 0 aromatic rings. The molecule has 0 aromatic heterocycles. The highest BCUT2D eigenvalue weighted by Gasteiger charge is 2.22. The summed E-state index contributed by atoms with van der Waals surface area (Å²) >= 11 is 0. The number of nitrogens with zero attached hydrogens (tertiary/aromatic N) is 2. The lowest BCUT2D eigenvalue weighted by Crippen LogP contribution is -2.28. The van der Waals surface area contributed by atoms with Gasteiger partial charge in [-0.15, -0.1) is 0 Å². The van der Waals surface area contributed by atoms with Gasteiger partial charge < -0.3 is 9.68 Å². The summed E-state index contributed by atoms with van der Waals surface area (Å²) in [5.41, 5.74) is 1.89. The van der Waals surface area contributed by atoms with Crippen LogP contribution in [-0.4, -0.2) is 24.6 Å². The first kappa shape index (κ1) is 5.70. The van der Waals surface area contributed by atoms with Crippen molar-refractivity contribution >= 4 is 11.4 Å². The number of fused-ring (bicyclic) bond motifs is 1. The van der Waals surface area contributed by atoms with Gasteiger partial charge in [0.15, 0.2) is 13.2 Å². The molecule has 0 atom stereocenters. The van der Waals surface area contributed by atoms with Crippen molar-refractivity contribution in [2.45, 2.75) is 12.8 Å². The Labute approximate surface area is 58.5 Å². The highest BCUT2D eigenvalue weighted by atomic mass is 16.7. The molecule has 0 unspecified atom stereocenters. The zero-order chi connectivity index (χ0) is 6.81. The molecule has 10 heavy (non-hydrogen) atoms. The fourth-order valence-electron chi connectivity index (χ4n) is 0.867. The maximum Gasteiger partial charge on any atom is 0.153 e. The van der Waals surface area contributed by atoms with Gasteiger partial charge in [0.2, 0.25) is 0 Å². The van der Waals surface area contributed by atoms with Crippen LogP contribution in [0.1, 0.15) is 12.8 Å². The first-order valence-corrected chi connectivity index (χ1v) is 3.35. The normalized spacial score (nSPS) is 33.6. The average Bonchev–Trinajstić information content (AvgIpc) is 1.89. The lowest BCUT2D eigenvalue weighted by atomic mass is 9.95. The maximum atomic E-state index is 4.89. The lowest BCUT2D eigenvalue weighted by Gasteiger charge is -2.18. The molecule has 0 N–H and O–H groups in total. The molecule has 4 heteroatoms. The van der Waals surface area contributed by atoms with Crippen molar-refractivity contribution in [3.63, 3.8) is 0 Å². The van der Waals surface area contributed by atoms with Crippen molar-refractivity contribution in [3.05, 3.63) is 0 Å². The van der Waals surface area contributed by atoms with Gasteiger partial charge in [-0.25, -0.2) is 0 Å². The van der Waals surface area contributed by atoms with Gasteiger partial charge in [0, 0.05) is 12.8 Å². The molecular weight excluding hydrogens is 132 g/mol. The highest BCUT2D eigenvalue weighted by molar-refractivity contribution is 6.48. The molecule has 1 aliphatic heterocycles. The summed E-state index contributed by atoms with van der Waals surface area (Å²) in [4.78, 5) is 9.78. The molecule has 2 rings (SSSR count). The summed E-state index contributed by atoms with van der Waals surface area (Å²) in [5.74, 6) is 0. The summed E-state index contributed by atoms with van der Waals surface area (Å²) in [5, 5.41) is 7.71. The number of hydrogen-bond acceptors (Lipinski definition) is 4. The van der Waals surface area contributed by atoms with Crippen LogP contribution in [0.4, 0.5) is 0 Å². The van der Waals surface area contributed by atoms with E-state index in [0.717, 1.165) is 24.3 Å². The van der Waals surface area contributed by atoms with Crippen molar-refractivity contribution in [1.82, 2.24) is 0 Å². The highest BCUT2D eigenvalue weighted by Crippen LogP contribution is 2.14. The molecule has 0 spiro atoms. The predicted molar refractivity (Wildman–Crippen MR) is 36.0 cm³/mol. The first-order valence-electron chi connectivity index (χ1n) is 3.35. The molecule has 0 aromatic carbocycles. The fourth-order valence-corrected chi connectivity index (χ4v) is 0.867. The van der Waals surface area contributed by atoms with Crippen molar-refractivity contribution in [3.8, 4) is 0 Å². The van der Waals surface area contributed by atoms with Gasteiger partial charge >= 0.3 is 0 Å². The molecule has 0 bridgehead atoms. The van der Waals surface area contributed by atoms with Gasteiger partial charge in [-0.3, -0.25) is 0 Å². The number of oxime groups is 2. The Morgan fingerprint density at radius 3 is 1.80 bits per heavy atom. The molecular formula is C6H8N2O2. The van der Waals surface area contributed by atoms with Crippen molar-refractivity contribution in [2.24, 2.45) is 10.3 Å². The molecule has 1 fully saturated rings. The van der Waals surface area contributed by atoms with Crippen molar-refractivity contribution in [1.29, 1.82) is 0 Å². The Hall–Kier alpha value is -1.06. The SMILES string of the molecule is C1CO/N=C2/CC/C2=N/O1. The third-order valence-corrected chi connectivity index (χ3v) is 1.55. The minimum atomic E-state index is 0.500. The Kier molecular flexibility index (Phi) is 1.30. The topological polar surface area (TPSA) is 43.2 Å². The van der Waals surface area contributed by atoms with Crippen molar-refractivity contribution < 1.29 is 9.68 Å². The van der Waals surface area contributed by atoms with Crippen LogP contribution in [0.2, 0.25) is 0 Å². The van der Waals surface area contributed by atoms with Gasteiger partial charge in [0.05, 0.1) is 0 Å². The molecule has 1 aliphatic carbocycles. The molecule has 1 saturated carbocycles.